The molecule has 94 valence electrons. The van der Waals surface area contributed by atoms with Gasteiger partial charge in [0.25, 0.3) is 0 Å². The van der Waals surface area contributed by atoms with Gasteiger partial charge in [0, 0.05) is 18.2 Å². The highest BCUT2D eigenvalue weighted by Crippen LogP contribution is 2.48. The molecule has 1 fully saturated rings. The molecule has 0 saturated heterocycles. The van der Waals surface area contributed by atoms with Gasteiger partial charge in [0.1, 0.15) is 0 Å². The Kier molecular flexibility index (Phi) is 3.23. The first-order valence-electron chi connectivity index (χ1n) is 5.54. The molecule has 17 heavy (non-hydrogen) atoms. The molecule has 0 atom stereocenters. The van der Waals surface area contributed by atoms with Crippen LogP contribution in [-0.4, -0.2) is 28.3 Å². The molecule has 1 aliphatic carbocycles. The normalized spacial score (nSPS) is 18.1. The van der Waals surface area contributed by atoms with Crippen molar-refractivity contribution < 1.29 is 8.42 Å². The van der Waals surface area contributed by atoms with Crippen molar-refractivity contribution in [1.29, 1.82) is 0 Å². The number of rotatable bonds is 4. The van der Waals surface area contributed by atoms with Gasteiger partial charge in [0.2, 0.25) is 0 Å². The van der Waals surface area contributed by atoms with Crippen LogP contribution in [0.1, 0.15) is 18.4 Å². The Morgan fingerprint density at radius 3 is 2.47 bits per heavy atom. The fourth-order valence-electron chi connectivity index (χ4n) is 2.19. The minimum atomic E-state index is -3.24. The maximum Gasteiger partial charge on any atom is 0.176 e. The highest BCUT2D eigenvalue weighted by molar-refractivity contribution is 7.90. The van der Waals surface area contributed by atoms with Gasteiger partial charge < -0.3 is 5.32 Å². The summed E-state index contributed by atoms with van der Waals surface area (Å²) in [5.41, 5.74) is 1.29. The molecule has 0 radical (unpaired) electrons. The number of likely N-dealkylation sites (N-methyl/N-ethyl adjacent to an activating group) is 1. The van der Waals surface area contributed by atoms with E-state index in [0.717, 1.165) is 24.9 Å². The van der Waals surface area contributed by atoms with E-state index >= 15 is 0 Å². The van der Waals surface area contributed by atoms with Gasteiger partial charge in [-0.1, -0.05) is 17.7 Å². The van der Waals surface area contributed by atoms with E-state index in [2.05, 4.69) is 5.32 Å². The summed E-state index contributed by atoms with van der Waals surface area (Å²) < 4.78 is 22.9. The van der Waals surface area contributed by atoms with Crippen molar-refractivity contribution in [2.24, 2.45) is 0 Å². The van der Waals surface area contributed by atoms with Crippen LogP contribution in [0.15, 0.2) is 23.1 Å². The van der Waals surface area contributed by atoms with Crippen LogP contribution in [0.4, 0.5) is 0 Å². The first-order valence-corrected chi connectivity index (χ1v) is 7.81. The predicted octanol–water partition coefficient (Wildman–Crippen LogP) is 1.99. The Labute approximate surface area is 107 Å². The number of sulfone groups is 1. The number of nitrogens with one attached hydrogen (secondary N) is 1. The van der Waals surface area contributed by atoms with Crippen molar-refractivity contribution in [3.05, 3.63) is 28.8 Å². The quantitative estimate of drug-likeness (QED) is 0.913. The van der Waals surface area contributed by atoms with Gasteiger partial charge in [-0.2, -0.15) is 0 Å². The van der Waals surface area contributed by atoms with Gasteiger partial charge in [-0.3, -0.25) is 0 Å². The molecular formula is C12H16ClNO2S. The number of hydrogen-bond donors (Lipinski definition) is 1. The minimum absolute atomic E-state index is 0.161. The summed E-state index contributed by atoms with van der Waals surface area (Å²) in [6, 6.07) is 5.29. The van der Waals surface area contributed by atoms with Crippen LogP contribution >= 0.6 is 11.6 Å². The van der Waals surface area contributed by atoms with E-state index < -0.39 is 9.84 Å². The molecule has 1 aromatic rings. The Balaban J connectivity index is 2.39. The number of benzene rings is 1. The lowest BCUT2D eigenvalue weighted by molar-refractivity contribution is 0.601. The first-order chi connectivity index (χ1) is 7.89. The van der Waals surface area contributed by atoms with Crippen LogP contribution in [0.2, 0.25) is 5.02 Å². The molecule has 0 amide bonds. The van der Waals surface area contributed by atoms with Crippen molar-refractivity contribution in [3.8, 4) is 0 Å². The molecule has 0 bridgehead atoms. The zero-order chi connectivity index (χ0) is 12.7. The highest BCUT2D eigenvalue weighted by atomic mass is 35.5. The molecule has 0 spiro atoms. The monoisotopic (exact) mass is 273 g/mol. The molecule has 0 aliphatic heterocycles. The topological polar surface area (TPSA) is 46.2 Å². The third kappa shape index (κ3) is 2.49. The lowest BCUT2D eigenvalue weighted by Gasteiger charge is -2.16. The van der Waals surface area contributed by atoms with E-state index in [-0.39, 0.29) is 10.3 Å². The van der Waals surface area contributed by atoms with E-state index in [4.69, 9.17) is 11.6 Å². The Bertz CT molecular complexity index is 535. The molecular weight excluding hydrogens is 258 g/mol. The van der Waals surface area contributed by atoms with Crippen LogP contribution in [-0.2, 0) is 15.3 Å². The lowest BCUT2D eigenvalue weighted by atomic mass is 9.96. The van der Waals surface area contributed by atoms with Crippen LogP contribution in [0.3, 0.4) is 0 Å². The summed E-state index contributed by atoms with van der Waals surface area (Å²) in [4.78, 5) is 0.211. The zero-order valence-corrected chi connectivity index (χ0v) is 11.5. The first kappa shape index (κ1) is 12.9. The van der Waals surface area contributed by atoms with Gasteiger partial charge in [-0.05, 0) is 37.6 Å². The Morgan fingerprint density at radius 2 is 2.06 bits per heavy atom. The fraction of sp³-hybridized carbons (Fsp3) is 0.500. The zero-order valence-electron chi connectivity index (χ0n) is 9.96. The average Bonchev–Trinajstić information content (AvgIpc) is 2.97. The van der Waals surface area contributed by atoms with Crippen LogP contribution in [0.5, 0.6) is 0 Å². The van der Waals surface area contributed by atoms with E-state index in [1.54, 1.807) is 12.1 Å². The number of halogens is 1. The number of hydrogen-bond acceptors (Lipinski definition) is 3. The lowest BCUT2D eigenvalue weighted by Crippen LogP contribution is -2.23. The Morgan fingerprint density at radius 1 is 1.41 bits per heavy atom. The molecule has 0 unspecified atom stereocenters. The summed E-state index contributed by atoms with van der Waals surface area (Å²) in [5.74, 6) is 0. The summed E-state index contributed by atoms with van der Waals surface area (Å²) in [5, 5.41) is 3.50. The molecule has 5 heteroatoms. The third-order valence-electron chi connectivity index (χ3n) is 3.31. The highest BCUT2D eigenvalue weighted by Gasteiger charge is 2.43. The summed E-state index contributed by atoms with van der Waals surface area (Å²) in [6.07, 6.45) is 3.43. The molecule has 0 aromatic heterocycles. The second kappa shape index (κ2) is 4.26. The van der Waals surface area contributed by atoms with E-state index in [0.29, 0.717) is 5.02 Å². The predicted molar refractivity (Wildman–Crippen MR) is 69.4 cm³/mol. The minimum Gasteiger partial charge on any atom is -0.319 e. The van der Waals surface area contributed by atoms with Crippen molar-refractivity contribution >= 4 is 21.4 Å². The van der Waals surface area contributed by atoms with Crippen LogP contribution in [0, 0.1) is 0 Å². The molecule has 2 rings (SSSR count). The summed E-state index contributed by atoms with van der Waals surface area (Å²) in [7, 11) is -1.31. The molecule has 1 aliphatic rings. The molecule has 1 N–H and O–H groups in total. The Hall–Kier alpha value is -0.580. The SMILES string of the molecule is CNCC1(c2ccc(S(C)(=O)=O)c(Cl)c2)CC1. The van der Waals surface area contributed by atoms with Crippen molar-refractivity contribution in [1.82, 2.24) is 5.32 Å². The van der Waals surface area contributed by atoms with Gasteiger partial charge in [0.05, 0.1) is 9.92 Å². The largest absolute Gasteiger partial charge is 0.319 e. The average molecular weight is 274 g/mol. The van der Waals surface area contributed by atoms with Gasteiger partial charge >= 0.3 is 0 Å². The summed E-state index contributed by atoms with van der Waals surface area (Å²) >= 11 is 6.05. The molecule has 1 aromatic carbocycles. The van der Waals surface area contributed by atoms with Gasteiger partial charge in [0.15, 0.2) is 9.84 Å². The van der Waals surface area contributed by atoms with Crippen LogP contribution < -0.4 is 5.32 Å². The molecule has 0 heterocycles. The maximum atomic E-state index is 11.5. The molecule has 1 saturated carbocycles. The van der Waals surface area contributed by atoms with Crippen molar-refractivity contribution in [3.63, 3.8) is 0 Å². The second-order valence-corrected chi connectivity index (χ2v) is 7.12. The van der Waals surface area contributed by atoms with Crippen molar-refractivity contribution in [2.75, 3.05) is 19.8 Å². The van der Waals surface area contributed by atoms with Crippen molar-refractivity contribution in [2.45, 2.75) is 23.2 Å². The summed E-state index contributed by atoms with van der Waals surface area (Å²) in [6.45, 7) is 0.904. The van der Waals surface area contributed by atoms with E-state index in [1.165, 1.54) is 6.26 Å². The second-order valence-electron chi connectivity index (χ2n) is 4.73. The van der Waals surface area contributed by atoms with Gasteiger partial charge in [-0.15, -0.1) is 0 Å². The smallest absolute Gasteiger partial charge is 0.176 e. The fourth-order valence-corrected chi connectivity index (χ4v) is 3.52. The maximum absolute atomic E-state index is 11.5. The third-order valence-corrected chi connectivity index (χ3v) is 4.89. The molecule has 3 nitrogen and oxygen atoms in total. The van der Waals surface area contributed by atoms with E-state index in [1.807, 2.05) is 13.1 Å². The van der Waals surface area contributed by atoms with Gasteiger partial charge in [-0.25, -0.2) is 8.42 Å². The standard InChI is InChI=1S/C12H16ClNO2S/c1-14-8-12(5-6-12)9-3-4-11(10(13)7-9)17(2,15)16/h3-4,7,14H,5-6,8H2,1-2H3. The van der Waals surface area contributed by atoms with E-state index in [9.17, 15) is 8.42 Å². The van der Waals surface area contributed by atoms with Crippen LogP contribution in [0.25, 0.3) is 0 Å².